The zero-order chi connectivity index (χ0) is 17.4. The van der Waals surface area contributed by atoms with Crippen LogP contribution in [0.2, 0.25) is 0 Å². The number of hydrogen-bond acceptors (Lipinski definition) is 3. The van der Waals surface area contributed by atoms with E-state index in [4.69, 9.17) is 4.74 Å². The molecule has 1 N–H and O–H groups in total. The Kier molecular flexibility index (Phi) is 8.91. The molecule has 0 saturated carbocycles. The summed E-state index contributed by atoms with van der Waals surface area (Å²) in [7, 11) is 0. The smallest absolute Gasteiger partial charge is 0.220 e. The molecule has 0 aromatic heterocycles. The number of nitrogens with one attached hydrogen (secondary N) is 1. The summed E-state index contributed by atoms with van der Waals surface area (Å²) in [5.41, 5.74) is -0.732. The van der Waals surface area contributed by atoms with Crippen LogP contribution in [0.3, 0.4) is 0 Å². The lowest BCUT2D eigenvalue weighted by molar-refractivity contribution is -0.123. The van der Waals surface area contributed by atoms with Gasteiger partial charge in [0.2, 0.25) is 5.91 Å². The molecule has 0 atom stereocenters. The minimum Gasteiger partial charge on any atom is -0.375 e. The predicted molar refractivity (Wildman–Crippen MR) is 90.9 cm³/mol. The Bertz CT molecular complexity index is 359. The van der Waals surface area contributed by atoms with Crippen LogP contribution in [0.25, 0.3) is 0 Å². The van der Waals surface area contributed by atoms with E-state index in [1.54, 1.807) is 6.92 Å². The first-order valence-corrected chi connectivity index (χ1v) is 8.38. The summed E-state index contributed by atoms with van der Waals surface area (Å²) in [5, 5.41) is 3.07. The van der Waals surface area contributed by atoms with Crippen LogP contribution in [0, 0.1) is 5.92 Å². The van der Waals surface area contributed by atoms with E-state index in [0.717, 1.165) is 19.3 Å². The zero-order valence-corrected chi connectivity index (χ0v) is 15.5. The summed E-state index contributed by atoms with van der Waals surface area (Å²) in [6, 6.07) is 0. The van der Waals surface area contributed by atoms with Gasteiger partial charge in [0.15, 0.2) is 0 Å². The molecule has 0 aromatic carbocycles. The molecule has 0 aliphatic heterocycles. The highest BCUT2D eigenvalue weighted by molar-refractivity contribution is 5.76. The number of hydrogen-bond donors (Lipinski definition) is 1. The Morgan fingerprint density at radius 3 is 2.23 bits per heavy atom. The fraction of sp³-hybridized carbons (Fsp3) is 0.889. The first-order chi connectivity index (χ1) is 9.93. The summed E-state index contributed by atoms with van der Waals surface area (Å²) in [6.45, 7) is 14.3. The van der Waals surface area contributed by atoms with Gasteiger partial charge in [-0.2, -0.15) is 0 Å². The fourth-order valence-corrected chi connectivity index (χ4v) is 2.41. The lowest BCUT2D eigenvalue weighted by Crippen LogP contribution is -2.44. The van der Waals surface area contributed by atoms with E-state index in [1.165, 1.54) is 0 Å². The van der Waals surface area contributed by atoms with Crippen LogP contribution in [0.15, 0.2) is 0 Å². The minimum atomic E-state index is -0.441. The second-order valence-corrected chi connectivity index (χ2v) is 7.96. The van der Waals surface area contributed by atoms with Crippen molar-refractivity contribution in [3.63, 3.8) is 0 Å². The van der Waals surface area contributed by atoms with Crippen LogP contribution in [0.4, 0.5) is 0 Å². The molecule has 1 amide bonds. The second-order valence-electron chi connectivity index (χ2n) is 7.96. The van der Waals surface area contributed by atoms with Crippen molar-refractivity contribution < 1.29 is 14.3 Å². The Labute approximate surface area is 136 Å². The van der Waals surface area contributed by atoms with Crippen molar-refractivity contribution in [2.45, 2.75) is 91.7 Å². The summed E-state index contributed by atoms with van der Waals surface area (Å²) in [4.78, 5) is 23.1. The Morgan fingerprint density at radius 1 is 1.14 bits per heavy atom. The minimum absolute atomic E-state index is 0.105. The third-order valence-electron chi connectivity index (χ3n) is 3.56. The van der Waals surface area contributed by atoms with Crippen molar-refractivity contribution in [3.05, 3.63) is 0 Å². The van der Waals surface area contributed by atoms with Gasteiger partial charge in [-0.25, -0.2) is 0 Å². The molecule has 0 saturated heterocycles. The van der Waals surface area contributed by atoms with E-state index >= 15 is 0 Å². The molecular weight excluding hydrogens is 278 g/mol. The Balaban J connectivity index is 4.08. The van der Waals surface area contributed by atoms with Crippen LogP contribution in [0.5, 0.6) is 0 Å². The van der Waals surface area contributed by atoms with E-state index in [0.29, 0.717) is 25.4 Å². The van der Waals surface area contributed by atoms with Crippen molar-refractivity contribution in [2.24, 2.45) is 5.92 Å². The first-order valence-electron chi connectivity index (χ1n) is 8.38. The Morgan fingerprint density at radius 2 is 1.73 bits per heavy atom. The number of amides is 1. The predicted octanol–water partition coefficient (Wildman–Crippen LogP) is 3.87. The number of carbonyl (C=O) groups excluding carboxylic acids is 2. The van der Waals surface area contributed by atoms with Crippen molar-refractivity contribution in [2.75, 3.05) is 6.61 Å². The molecule has 0 bridgehead atoms. The van der Waals surface area contributed by atoms with Crippen LogP contribution >= 0.6 is 0 Å². The maximum Gasteiger partial charge on any atom is 0.220 e. The van der Waals surface area contributed by atoms with Crippen LogP contribution in [0.1, 0.15) is 80.6 Å². The van der Waals surface area contributed by atoms with Gasteiger partial charge in [0.05, 0.1) is 5.60 Å². The molecule has 22 heavy (non-hydrogen) atoms. The third kappa shape index (κ3) is 11.7. The molecule has 0 aromatic rings. The van der Waals surface area contributed by atoms with Gasteiger partial charge in [0.25, 0.3) is 0 Å². The number of ketones is 1. The normalized spacial score (nSPS) is 12.5. The van der Waals surface area contributed by atoms with E-state index in [1.807, 2.05) is 27.7 Å². The number of Topliss-reactive ketones (excluding diaryl/α,β-unsaturated/α-hetero) is 1. The standard InChI is InChI=1S/C18H35NO3/c1-14(2)9-8-10-16(21)19-17(4,5)11-12-22-18(6,7)13-15(3)20/h14H,8-13H2,1-7H3,(H,19,21). The SMILES string of the molecule is CC(=O)CC(C)(C)OCCC(C)(C)NC(=O)CCCC(C)C. The van der Waals surface area contributed by atoms with Gasteiger partial charge in [0.1, 0.15) is 5.78 Å². The number of carbonyl (C=O) groups is 2. The fourth-order valence-electron chi connectivity index (χ4n) is 2.41. The lowest BCUT2D eigenvalue weighted by atomic mass is 9.99. The second kappa shape index (κ2) is 9.29. The monoisotopic (exact) mass is 313 g/mol. The molecule has 0 heterocycles. The first kappa shape index (κ1) is 21.1. The molecule has 0 spiro atoms. The average Bonchev–Trinajstić information content (AvgIpc) is 2.24. The van der Waals surface area contributed by atoms with Gasteiger partial charge < -0.3 is 10.1 Å². The largest absolute Gasteiger partial charge is 0.375 e. The molecule has 0 unspecified atom stereocenters. The molecule has 0 radical (unpaired) electrons. The summed E-state index contributed by atoms with van der Waals surface area (Å²) in [5.74, 6) is 0.870. The van der Waals surface area contributed by atoms with Gasteiger partial charge >= 0.3 is 0 Å². The van der Waals surface area contributed by atoms with Gasteiger partial charge in [-0.05, 0) is 53.4 Å². The van der Waals surface area contributed by atoms with Crippen molar-refractivity contribution >= 4 is 11.7 Å². The van der Waals surface area contributed by atoms with Gasteiger partial charge in [-0.1, -0.05) is 20.3 Å². The maximum absolute atomic E-state index is 11.9. The van der Waals surface area contributed by atoms with E-state index in [2.05, 4.69) is 19.2 Å². The maximum atomic E-state index is 11.9. The van der Waals surface area contributed by atoms with E-state index in [-0.39, 0.29) is 17.2 Å². The molecule has 130 valence electrons. The molecule has 4 nitrogen and oxygen atoms in total. The molecule has 0 fully saturated rings. The molecule has 0 aliphatic rings. The third-order valence-corrected chi connectivity index (χ3v) is 3.56. The molecule has 4 heteroatoms. The topological polar surface area (TPSA) is 55.4 Å². The summed E-state index contributed by atoms with van der Waals surface area (Å²) in [6.07, 6.45) is 3.73. The Hall–Kier alpha value is -0.900. The molecular formula is C18H35NO3. The number of rotatable bonds is 11. The van der Waals surface area contributed by atoms with Crippen molar-refractivity contribution in [1.29, 1.82) is 0 Å². The van der Waals surface area contributed by atoms with Crippen molar-refractivity contribution in [1.82, 2.24) is 5.32 Å². The van der Waals surface area contributed by atoms with Gasteiger partial charge in [-0.3, -0.25) is 9.59 Å². The van der Waals surface area contributed by atoms with E-state index < -0.39 is 5.60 Å². The van der Waals surface area contributed by atoms with Crippen LogP contribution in [-0.4, -0.2) is 29.4 Å². The molecule has 0 rings (SSSR count). The average molecular weight is 313 g/mol. The molecule has 0 aliphatic carbocycles. The highest BCUT2D eigenvalue weighted by atomic mass is 16.5. The summed E-state index contributed by atoms with van der Waals surface area (Å²) >= 11 is 0. The van der Waals surface area contributed by atoms with Crippen molar-refractivity contribution in [3.8, 4) is 0 Å². The zero-order valence-electron chi connectivity index (χ0n) is 15.5. The quantitative estimate of drug-likeness (QED) is 0.630. The lowest BCUT2D eigenvalue weighted by Gasteiger charge is -2.30. The highest BCUT2D eigenvalue weighted by Gasteiger charge is 2.24. The van der Waals surface area contributed by atoms with Crippen LogP contribution in [-0.2, 0) is 14.3 Å². The summed E-state index contributed by atoms with van der Waals surface area (Å²) < 4.78 is 5.80. The highest BCUT2D eigenvalue weighted by Crippen LogP contribution is 2.18. The van der Waals surface area contributed by atoms with Crippen LogP contribution < -0.4 is 5.32 Å². The van der Waals surface area contributed by atoms with Gasteiger partial charge in [-0.15, -0.1) is 0 Å². The number of ether oxygens (including phenoxy) is 1. The van der Waals surface area contributed by atoms with E-state index in [9.17, 15) is 9.59 Å². The van der Waals surface area contributed by atoms with Gasteiger partial charge in [0, 0.05) is 25.0 Å².